The van der Waals surface area contributed by atoms with Crippen LogP contribution in [0.3, 0.4) is 0 Å². The molecule has 1 amide bonds. The number of benzene rings is 2. The summed E-state index contributed by atoms with van der Waals surface area (Å²) in [6.07, 6.45) is 0.571. The number of ether oxygens (including phenoxy) is 2. The van der Waals surface area contributed by atoms with Crippen LogP contribution in [0.25, 0.3) is 0 Å². The molecule has 2 aliphatic heterocycles. The van der Waals surface area contributed by atoms with Gasteiger partial charge in [-0.25, -0.2) is 15.2 Å². The molecule has 0 bridgehead atoms. The number of carbonyl (C=O) groups is 1. The number of rotatable bonds is 3. The fourth-order valence-corrected chi connectivity index (χ4v) is 2.99. The second-order valence-corrected chi connectivity index (χ2v) is 6.03. The lowest BCUT2D eigenvalue weighted by Crippen LogP contribution is -2.39. The Hall–Kier alpha value is -2.64. The lowest BCUT2D eigenvalue weighted by molar-refractivity contribution is -0.117. The van der Waals surface area contributed by atoms with Gasteiger partial charge in [0.1, 0.15) is 25.1 Å². The van der Waals surface area contributed by atoms with Crippen LogP contribution in [0.5, 0.6) is 11.5 Å². The van der Waals surface area contributed by atoms with E-state index in [9.17, 15) is 9.18 Å². The normalized spacial score (nSPS) is 21.8. The van der Waals surface area contributed by atoms with Gasteiger partial charge < -0.3 is 14.8 Å². The van der Waals surface area contributed by atoms with Gasteiger partial charge in [0, 0.05) is 17.8 Å². The highest BCUT2D eigenvalue weighted by Crippen LogP contribution is 2.33. The van der Waals surface area contributed by atoms with Crippen LogP contribution in [0.1, 0.15) is 18.0 Å². The number of hydrogen-bond donors (Lipinski definition) is 3. The van der Waals surface area contributed by atoms with Gasteiger partial charge in [0.2, 0.25) is 5.91 Å². The number of hydrazine groups is 1. The number of hydrogen-bond acceptors (Lipinski definition) is 5. The second-order valence-electron chi connectivity index (χ2n) is 6.03. The van der Waals surface area contributed by atoms with E-state index in [1.165, 1.54) is 12.1 Å². The van der Waals surface area contributed by atoms with Gasteiger partial charge in [-0.3, -0.25) is 4.79 Å². The third-order valence-electron chi connectivity index (χ3n) is 4.30. The lowest BCUT2D eigenvalue weighted by Gasteiger charge is -2.19. The molecule has 4 rings (SSSR count). The van der Waals surface area contributed by atoms with E-state index in [4.69, 9.17) is 9.47 Å². The molecular weight excluding hydrogens is 325 g/mol. The first-order valence-electron chi connectivity index (χ1n) is 8.16. The first-order chi connectivity index (χ1) is 12.2. The van der Waals surface area contributed by atoms with Crippen molar-refractivity contribution in [1.29, 1.82) is 0 Å². The Morgan fingerprint density at radius 1 is 1.04 bits per heavy atom. The summed E-state index contributed by atoms with van der Waals surface area (Å²) in [7, 11) is 0. The Bertz CT molecular complexity index is 782. The fraction of sp³-hybridized carbons (Fsp3) is 0.278. The van der Waals surface area contributed by atoms with Crippen molar-refractivity contribution in [3.05, 3.63) is 53.8 Å². The van der Waals surface area contributed by atoms with Gasteiger partial charge in [-0.1, -0.05) is 12.1 Å². The van der Waals surface area contributed by atoms with Gasteiger partial charge in [0.15, 0.2) is 11.5 Å². The third-order valence-corrected chi connectivity index (χ3v) is 4.30. The molecule has 0 saturated carbocycles. The number of nitrogens with one attached hydrogen (secondary N) is 3. The molecule has 2 aromatic rings. The second kappa shape index (κ2) is 6.70. The average Bonchev–Trinajstić information content (AvgIpc) is 3.12. The first-order valence-corrected chi connectivity index (χ1v) is 8.16. The monoisotopic (exact) mass is 343 g/mol. The van der Waals surface area contributed by atoms with E-state index in [1.807, 2.05) is 0 Å². The molecule has 2 unspecified atom stereocenters. The van der Waals surface area contributed by atoms with Crippen LogP contribution in [-0.2, 0) is 4.79 Å². The number of carbonyl (C=O) groups excluding carboxylic acids is 1. The molecule has 3 N–H and O–H groups in total. The number of anilines is 1. The predicted molar refractivity (Wildman–Crippen MR) is 89.9 cm³/mol. The molecular formula is C18H18FN3O3. The lowest BCUT2D eigenvalue weighted by atomic mass is 10.0. The first kappa shape index (κ1) is 15.9. The Morgan fingerprint density at radius 3 is 2.60 bits per heavy atom. The Balaban J connectivity index is 1.39. The molecule has 6 nitrogen and oxygen atoms in total. The molecule has 2 aliphatic rings. The number of fused-ring (bicyclic) bond motifs is 1. The van der Waals surface area contributed by atoms with Crippen molar-refractivity contribution in [2.75, 3.05) is 18.5 Å². The Morgan fingerprint density at radius 2 is 1.80 bits per heavy atom. The summed E-state index contributed by atoms with van der Waals surface area (Å²) in [6.45, 7) is 1.03. The molecule has 0 aliphatic carbocycles. The van der Waals surface area contributed by atoms with Crippen molar-refractivity contribution in [1.82, 2.24) is 10.9 Å². The fourth-order valence-electron chi connectivity index (χ4n) is 2.99. The van der Waals surface area contributed by atoms with Crippen LogP contribution in [0, 0.1) is 5.82 Å². The molecule has 2 heterocycles. The molecule has 1 fully saturated rings. The van der Waals surface area contributed by atoms with Gasteiger partial charge in [-0.05, 0) is 36.2 Å². The molecule has 0 radical (unpaired) electrons. The third kappa shape index (κ3) is 3.42. The van der Waals surface area contributed by atoms with E-state index in [1.54, 1.807) is 30.3 Å². The number of amides is 1. The maximum Gasteiger partial charge on any atom is 0.242 e. The van der Waals surface area contributed by atoms with E-state index in [0.29, 0.717) is 36.8 Å². The Kier molecular flexibility index (Phi) is 4.25. The van der Waals surface area contributed by atoms with E-state index in [0.717, 1.165) is 5.56 Å². The molecule has 7 heteroatoms. The summed E-state index contributed by atoms with van der Waals surface area (Å²) < 4.78 is 24.0. The largest absolute Gasteiger partial charge is 0.486 e. The van der Waals surface area contributed by atoms with Crippen LogP contribution in [0.4, 0.5) is 10.1 Å². The van der Waals surface area contributed by atoms with Gasteiger partial charge in [-0.15, -0.1) is 0 Å². The summed E-state index contributed by atoms with van der Waals surface area (Å²) in [4.78, 5) is 12.5. The smallest absolute Gasteiger partial charge is 0.242 e. The summed E-state index contributed by atoms with van der Waals surface area (Å²) in [5.74, 6) is 0.892. The van der Waals surface area contributed by atoms with Crippen molar-refractivity contribution >= 4 is 11.6 Å². The van der Waals surface area contributed by atoms with E-state index < -0.39 is 0 Å². The zero-order valence-electron chi connectivity index (χ0n) is 13.4. The maximum absolute atomic E-state index is 13.0. The standard InChI is InChI=1S/C18H18FN3O3/c19-12-3-1-11(2-4-12)14-10-15(22-21-14)18(23)20-13-5-6-16-17(9-13)25-8-7-24-16/h1-6,9,14-15,21-22H,7-8,10H2,(H,20,23). The highest BCUT2D eigenvalue weighted by atomic mass is 19.1. The van der Waals surface area contributed by atoms with E-state index >= 15 is 0 Å². The summed E-state index contributed by atoms with van der Waals surface area (Å²) in [6, 6.07) is 11.2. The Labute approximate surface area is 144 Å². The molecule has 25 heavy (non-hydrogen) atoms. The molecule has 2 aromatic carbocycles. The van der Waals surface area contributed by atoms with Crippen molar-refractivity contribution in [2.24, 2.45) is 0 Å². The van der Waals surface area contributed by atoms with Crippen LogP contribution in [-0.4, -0.2) is 25.2 Å². The van der Waals surface area contributed by atoms with Gasteiger partial charge >= 0.3 is 0 Å². The van der Waals surface area contributed by atoms with E-state index in [-0.39, 0.29) is 23.8 Å². The van der Waals surface area contributed by atoms with Gasteiger partial charge in [-0.2, -0.15) is 0 Å². The van der Waals surface area contributed by atoms with Gasteiger partial charge in [0.05, 0.1) is 0 Å². The van der Waals surface area contributed by atoms with Crippen molar-refractivity contribution < 1.29 is 18.7 Å². The molecule has 1 saturated heterocycles. The molecule has 0 spiro atoms. The molecule has 0 aromatic heterocycles. The summed E-state index contributed by atoms with van der Waals surface area (Å²) in [5, 5.41) is 2.88. The maximum atomic E-state index is 13.0. The van der Waals surface area contributed by atoms with Gasteiger partial charge in [0.25, 0.3) is 0 Å². The van der Waals surface area contributed by atoms with Crippen LogP contribution in [0.15, 0.2) is 42.5 Å². The minimum Gasteiger partial charge on any atom is -0.486 e. The predicted octanol–water partition coefficient (Wildman–Crippen LogP) is 2.14. The van der Waals surface area contributed by atoms with E-state index in [2.05, 4.69) is 16.2 Å². The van der Waals surface area contributed by atoms with Crippen molar-refractivity contribution in [2.45, 2.75) is 18.5 Å². The summed E-state index contributed by atoms with van der Waals surface area (Å²) >= 11 is 0. The minimum absolute atomic E-state index is 0.0448. The number of halogens is 1. The zero-order valence-corrected chi connectivity index (χ0v) is 13.4. The average molecular weight is 343 g/mol. The highest BCUT2D eigenvalue weighted by molar-refractivity contribution is 5.95. The molecule has 130 valence electrons. The zero-order chi connectivity index (χ0) is 17.2. The SMILES string of the molecule is O=C(Nc1ccc2c(c1)OCCO2)C1CC(c2ccc(F)cc2)NN1. The van der Waals surface area contributed by atoms with Crippen molar-refractivity contribution in [3.8, 4) is 11.5 Å². The van der Waals surface area contributed by atoms with Crippen LogP contribution < -0.4 is 25.6 Å². The summed E-state index contributed by atoms with van der Waals surface area (Å²) in [5.41, 5.74) is 7.66. The highest BCUT2D eigenvalue weighted by Gasteiger charge is 2.30. The van der Waals surface area contributed by atoms with Crippen molar-refractivity contribution in [3.63, 3.8) is 0 Å². The van der Waals surface area contributed by atoms with Crippen LogP contribution >= 0.6 is 0 Å². The minimum atomic E-state index is -0.386. The quantitative estimate of drug-likeness (QED) is 0.796. The topological polar surface area (TPSA) is 71.6 Å². The van der Waals surface area contributed by atoms with Crippen LogP contribution in [0.2, 0.25) is 0 Å². The molecule has 2 atom stereocenters.